The van der Waals surface area contributed by atoms with Crippen LogP contribution >= 0.6 is 0 Å². The third-order valence-electron chi connectivity index (χ3n) is 3.56. The molecule has 1 aromatic carbocycles. The lowest BCUT2D eigenvalue weighted by Gasteiger charge is -2.19. The van der Waals surface area contributed by atoms with Crippen LogP contribution in [0.2, 0.25) is 0 Å². The maximum Gasteiger partial charge on any atom is 0.408 e. The highest BCUT2D eigenvalue weighted by molar-refractivity contribution is 5.85. The Kier molecular flexibility index (Phi) is 20.4. The van der Waals surface area contributed by atoms with Crippen LogP contribution in [0.1, 0.15) is 73.3 Å². The van der Waals surface area contributed by atoms with Crippen molar-refractivity contribution in [3.63, 3.8) is 0 Å². The first-order chi connectivity index (χ1) is 16.1. The van der Waals surface area contributed by atoms with Crippen LogP contribution in [0.25, 0.3) is 0 Å². The van der Waals surface area contributed by atoms with Crippen molar-refractivity contribution < 1.29 is 23.9 Å². The minimum absolute atomic E-state index is 0.0281. The smallest absolute Gasteiger partial charge is 0.408 e. The normalized spacial score (nSPS) is 10.6. The van der Waals surface area contributed by atoms with E-state index in [1.807, 2.05) is 32.9 Å². The highest BCUT2D eigenvalue weighted by atomic mass is 16.7. The Balaban J connectivity index is 0. The monoisotopic (exact) mass is 482 g/mol. The topological polar surface area (TPSA) is 124 Å². The van der Waals surface area contributed by atoms with E-state index in [1.54, 1.807) is 20.8 Å². The number of hydrogen-bond donors (Lipinski definition) is 3. The van der Waals surface area contributed by atoms with Crippen molar-refractivity contribution in [1.82, 2.24) is 10.6 Å². The first-order valence-electron chi connectivity index (χ1n) is 12.0. The molecule has 1 rings (SSSR count). The predicted octanol–water partition coefficient (Wildman–Crippen LogP) is 4.53. The largest absolute Gasteiger partial charge is 0.494 e. The number of unbranched alkanes of at least 4 members (excludes halogenated alkanes) is 1. The molecule has 1 amide bonds. The Morgan fingerprint density at radius 2 is 1.65 bits per heavy atom. The zero-order chi connectivity index (χ0) is 26.4. The van der Waals surface area contributed by atoms with E-state index < -0.39 is 17.7 Å². The average Bonchev–Trinajstić information content (AvgIpc) is 2.79. The summed E-state index contributed by atoms with van der Waals surface area (Å²) in [7, 11) is 0. The number of alkyl carbamates (subject to hydrolysis) is 1. The van der Waals surface area contributed by atoms with E-state index in [9.17, 15) is 9.59 Å². The SMILES string of the molecule is CC.CCCCOc1ccc(C)cc1.CCCNCC(=O)O/N=C(\N)CNC(=O)OC(C)(C)C. The van der Waals surface area contributed by atoms with Crippen LogP contribution in [-0.2, 0) is 14.4 Å². The van der Waals surface area contributed by atoms with Crippen molar-refractivity contribution in [1.29, 1.82) is 0 Å². The summed E-state index contributed by atoms with van der Waals surface area (Å²) in [6.07, 6.45) is 2.62. The van der Waals surface area contributed by atoms with Crippen molar-refractivity contribution in [3.05, 3.63) is 29.8 Å². The first-order valence-corrected chi connectivity index (χ1v) is 12.0. The number of carbonyl (C=O) groups is 2. The summed E-state index contributed by atoms with van der Waals surface area (Å²) >= 11 is 0. The van der Waals surface area contributed by atoms with Crippen LogP contribution in [0, 0.1) is 6.92 Å². The van der Waals surface area contributed by atoms with Gasteiger partial charge in [0.2, 0.25) is 0 Å². The molecule has 0 atom stereocenters. The second kappa shape index (κ2) is 20.8. The number of amidine groups is 1. The van der Waals surface area contributed by atoms with Gasteiger partial charge in [0.1, 0.15) is 11.4 Å². The third-order valence-corrected chi connectivity index (χ3v) is 3.56. The molecule has 9 heteroatoms. The molecule has 0 aliphatic heterocycles. The third kappa shape index (κ3) is 22.4. The zero-order valence-corrected chi connectivity index (χ0v) is 22.3. The number of benzene rings is 1. The lowest BCUT2D eigenvalue weighted by Crippen LogP contribution is -2.38. The molecular formula is C25H46N4O5. The standard InChI is InChI=1S/C12H24N4O4.C11H16O.C2H6/c1-5-6-14-8-10(17)20-16-9(13)7-15-11(18)19-12(2,3)4;1-3-4-9-12-11-7-5-10(2)6-8-11;1-2/h14H,5-8H2,1-4H3,(H2,13,16)(H,15,18);5-8H,3-4,9H2,1-2H3;1-2H3. The van der Waals surface area contributed by atoms with Gasteiger partial charge in [0.05, 0.1) is 19.7 Å². The molecule has 196 valence electrons. The molecule has 0 aromatic heterocycles. The number of carbonyl (C=O) groups excluding carboxylic acids is 2. The molecule has 0 saturated heterocycles. The van der Waals surface area contributed by atoms with E-state index >= 15 is 0 Å². The fraction of sp³-hybridized carbons (Fsp3) is 0.640. The van der Waals surface area contributed by atoms with Crippen molar-refractivity contribution in [3.8, 4) is 5.75 Å². The number of nitrogens with two attached hydrogens (primary N) is 1. The predicted molar refractivity (Wildman–Crippen MR) is 138 cm³/mol. The number of nitrogens with one attached hydrogen (secondary N) is 2. The fourth-order valence-corrected chi connectivity index (χ4v) is 1.99. The van der Waals surface area contributed by atoms with E-state index in [0.29, 0.717) is 6.54 Å². The van der Waals surface area contributed by atoms with Gasteiger partial charge in [-0.2, -0.15) is 0 Å². The Labute approximate surface area is 205 Å². The van der Waals surface area contributed by atoms with Crippen LogP contribution in [0.4, 0.5) is 4.79 Å². The summed E-state index contributed by atoms with van der Waals surface area (Å²) in [6.45, 7) is 17.0. The number of hydrogen-bond acceptors (Lipinski definition) is 7. The molecule has 1 aromatic rings. The van der Waals surface area contributed by atoms with Gasteiger partial charge >= 0.3 is 12.1 Å². The Hall–Kier alpha value is -2.81. The lowest BCUT2D eigenvalue weighted by molar-refractivity contribution is -0.142. The number of amides is 1. The van der Waals surface area contributed by atoms with Crippen molar-refractivity contribution >= 4 is 17.9 Å². The van der Waals surface area contributed by atoms with Gasteiger partial charge in [-0.1, -0.05) is 57.0 Å². The first kappa shape index (κ1) is 33.4. The Morgan fingerprint density at radius 3 is 2.18 bits per heavy atom. The molecular weight excluding hydrogens is 436 g/mol. The van der Waals surface area contributed by atoms with Crippen LogP contribution in [-0.4, -0.2) is 49.7 Å². The van der Waals surface area contributed by atoms with E-state index in [2.05, 4.69) is 46.6 Å². The van der Waals surface area contributed by atoms with Gasteiger partial charge in [-0.3, -0.25) is 0 Å². The van der Waals surface area contributed by atoms with Gasteiger partial charge in [-0.15, -0.1) is 0 Å². The zero-order valence-electron chi connectivity index (χ0n) is 22.3. The molecule has 0 saturated carbocycles. The molecule has 0 radical (unpaired) electrons. The van der Waals surface area contributed by atoms with Gasteiger partial charge in [-0.05, 0) is 59.2 Å². The molecule has 9 nitrogen and oxygen atoms in total. The summed E-state index contributed by atoms with van der Waals surface area (Å²) in [5, 5.41) is 8.66. The minimum atomic E-state index is -0.619. The summed E-state index contributed by atoms with van der Waals surface area (Å²) < 4.78 is 10.5. The van der Waals surface area contributed by atoms with E-state index in [0.717, 1.165) is 25.2 Å². The van der Waals surface area contributed by atoms with Crippen LogP contribution in [0.15, 0.2) is 29.4 Å². The van der Waals surface area contributed by atoms with Crippen molar-refractivity contribution in [2.75, 3.05) is 26.2 Å². The number of nitrogens with zero attached hydrogens (tertiary/aromatic N) is 1. The highest BCUT2D eigenvalue weighted by Gasteiger charge is 2.15. The number of aryl methyl sites for hydroxylation is 1. The van der Waals surface area contributed by atoms with Crippen LogP contribution in [0.5, 0.6) is 5.75 Å². The van der Waals surface area contributed by atoms with Gasteiger partial charge in [0, 0.05) is 0 Å². The summed E-state index contributed by atoms with van der Waals surface area (Å²) in [5.41, 5.74) is 6.16. The molecule has 0 bridgehead atoms. The van der Waals surface area contributed by atoms with Gasteiger partial charge in [0.15, 0.2) is 5.84 Å². The number of ether oxygens (including phenoxy) is 2. The molecule has 0 unspecified atom stereocenters. The summed E-state index contributed by atoms with van der Waals surface area (Å²) in [4.78, 5) is 27.1. The Bertz CT molecular complexity index is 686. The summed E-state index contributed by atoms with van der Waals surface area (Å²) in [5.74, 6) is 0.410. The maximum absolute atomic E-state index is 11.3. The fourth-order valence-electron chi connectivity index (χ4n) is 1.99. The molecule has 0 aliphatic rings. The second-order valence-corrected chi connectivity index (χ2v) is 8.09. The maximum atomic E-state index is 11.3. The van der Waals surface area contributed by atoms with E-state index in [-0.39, 0.29) is 18.9 Å². The summed E-state index contributed by atoms with van der Waals surface area (Å²) in [6, 6.07) is 8.18. The van der Waals surface area contributed by atoms with Gasteiger partial charge < -0.3 is 30.7 Å². The lowest BCUT2D eigenvalue weighted by atomic mass is 10.2. The number of rotatable bonds is 11. The number of oxime groups is 1. The average molecular weight is 483 g/mol. The molecule has 4 N–H and O–H groups in total. The van der Waals surface area contributed by atoms with Crippen LogP contribution < -0.4 is 21.1 Å². The van der Waals surface area contributed by atoms with E-state index in [4.69, 9.17) is 15.2 Å². The molecule has 0 aliphatic carbocycles. The molecule has 0 heterocycles. The van der Waals surface area contributed by atoms with Gasteiger partial charge in [-0.25, -0.2) is 9.59 Å². The quantitative estimate of drug-likeness (QED) is 0.139. The van der Waals surface area contributed by atoms with Gasteiger partial charge in [0.25, 0.3) is 0 Å². The molecule has 0 fully saturated rings. The highest BCUT2D eigenvalue weighted by Crippen LogP contribution is 2.11. The Morgan fingerprint density at radius 1 is 1.03 bits per heavy atom. The minimum Gasteiger partial charge on any atom is -0.494 e. The van der Waals surface area contributed by atoms with Crippen molar-refractivity contribution in [2.45, 2.75) is 80.3 Å². The second-order valence-electron chi connectivity index (χ2n) is 8.09. The molecule has 34 heavy (non-hydrogen) atoms. The molecule has 0 spiro atoms. The van der Waals surface area contributed by atoms with Crippen LogP contribution in [0.3, 0.4) is 0 Å². The van der Waals surface area contributed by atoms with E-state index in [1.165, 1.54) is 12.0 Å². The van der Waals surface area contributed by atoms with Crippen molar-refractivity contribution in [2.24, 2.45) is 10.9 Å².